The minimum Gasteiger partial charge on any atom is -0.744 e. The third-order valence-electron chi connectivity index (χ3n) is 9.36. The highest BCUT2D eigenvalue weighted by Crippen LogP contribution is 2.29. The number of benzene rings is 2. The lowest BCUT2D eigenvalue weighted by atomic mass is 10.0. The average Bonchev–Trinajstić information content (AvgIpc) is 3.02. The highest BCUT2D eigenvalue weighted by molar-refractivity contribution is 7.86. The molecule has 1 N–H and O–H groups in total. The van der Waals surface area contributed by atoms with E-state index in [1.165, 1.54) is 184 Å². The van der Waals surface area contributed by atoms with Gasteiger partial charge in [-0.05, 0) is 37.8 Å². The van der Waals surface area contributed by atoms with E-state index in [1.54, 1.807) is 18.2 Å². The maximum atomic E-state index is 10.9. The molecule has 0 spiro atoms. The summed E-state index contributed by atoms with van der Waals surface area (Å²) in [6.45, 7) is 7.38. The van der Waals surface area contributed by atoms with Crippen LogP contribution in [0.2, 0.25) is 0 Å². The highest BCUT2D eigenvalue weighted by atomic mass is 32.2. The molecule has 0 unspecified atom stereocenters. The number of aromatic hydroxyl groups is 1. The predicted octanol–water partition coefficient (Wildman–Crippen LogP) is 11.9. The molecule has 6 heteroatoms. The van der Waals surface area contributed by atoms with E-state index in [-0.39, 0.29) is 16.0 Å². The van der Waals surface area contributed by atoms with E-state index in [9.17, 15) is 18.1 Å². The second-order valence-corrected chi connectivity index (χ2v) is 15.6. The van der Waals surface area contributed by atoms with E-state index >= 15 is 0 Å². The van der Waals surface area contributed by atoms with Crippen LogP contribution in [0.25, 0.3) is 10.8 Å². The molecule has 46 heavy (non-hydrogen) atoms. The molecule has 0 aromatic heterocycles. The quantitative estimate of drug-likeness (QED) is 0.0587. The Hall–Kier alpha value is -1.63. The van der Waals surface area contributed by atoms with Crippen molar-refractivity contribution in [3.63, 3.8) is 0 Å². The highest BCUT2D eigenvalue weighted by Gasteiger charge is 2.13. The van der Waals surface area contributed by atoms with E-state index in [0.29, 0.717) is 5.39 Å². The van der Waals surface area contributed by atoms with Gasteiger partial charge in [-0.15, -0.1) is 0 Å². The molecule has 0 aliphatic rings. The van der Waals surface area contributed by atoms with Crippen LogP contribution >= 0.6 is 0 Å². The largest absolute Gasteiger partial charge is 0.744 e. The van der Waals surface area contributed by atoms with Crippen LogP contribution in [0, 0.1) is 0 Å². The molecule has 0 fully saturated rings. The SMILES string of the molecule is CCCCCCCCCCCCCC[N+](C)(C)CCCCCCCCCCCCCC.O=S(=O)([O-])c1ccc(O)c2ccccc12. The monoisotopic (exact) mass is 662 g/mol. The smallest absolute Gasteiger partial charge is 0.125 e. The summed E-state index contributed by atoms with van der Waals surface area (Å²) in [5.74, 6) is -0.0435. The van der Waals surface area contributed by atoms with Gasteiger partial charge in [0.1, 0.15) is 15.9 Å². The van der Waals surface area contributed by atoms with Crippen molar-refractivity contribution >= 4 is 20.9 Å². The maximum absolute atomic E-state index is 10.9. The van der Waals surface area contributed by atoms with Crippen molar-refractivity contribution in [3.05, 3.63) is 36.4 Å². The summed E-state index contributed by atoms with van der Waals surface area (Å²) < 4.78 is 34.0. The molecule has 266 valence electrons. The number of hydrogen-bond donors (Lipinski definition) is 1. The van der Waals surface area contributed by atoms with Crippen molar-refractivity contribution in [3.8, 4) is 5.75 Å². The normalized spacial score (nSPS) is 11.9. The Morgan fingerprint density at radius 1 is 0.522 bits per heavy atom. The zero-order valence-electron chi connectivity index (χ0n) is 30.4. The third-order valence-corrected chi connectivity index (χ3v) is 10.3. The summed E-state index contributed by atoms with van der Waals surface area (Å²) in [4.78, 5) is -0.309. The van der Waals surface area contributed by atoms with Gasteiger partial charge < -0.3 is 14.1 Å². The molecule has 0 aliphatic heterocycles. The van der Waals surface area contributed by atoms with Gasteiger partial charge in [-0.25, -0.2) is 8.42 Å². The summed E-state index contributed by atoms with van der Waals surface area (Å²) >= 11 is 0. The minimum absolute atomic E-state index is 0.0435. The lowest BCUT2D eigenvalue weighted by Crippen LogP contribution is -2.41. The van der Waals surface area contributed by atoms with Crippen LogP contribution in [-0.4, -0.2) is 49.7 Å². The summed E-state index contributed by atoms with van der Waals surface area (Å²) in [7, 11) is 0.404. The Morgan fingerprint density at radius 2 is 0.848 bits per heavy atom. The number of rotatable bonds is 27. The predicted molar refractivity (Wildman–Crippen MR) is 198 cm³/mol. The van der Waals surface area contributed by atoms with Crippen LogP contribution in [0.15, 0.2) is 41.3 Å². The third kappa shape index (κ3) is 21.3. The molecule has 2 rings (SSSR count). The number of quaternary nitrogens is 1. The first-order valence-corrected chi connectivity index (χ1v) is 20.5. The summed E-state index contributed by atoms with van der Waals surface area (Å²) in [5, 5.41) is 10.1. The first-order chi connectivity index (χ1) is 22.1. The molecule has 0 saturated carbocycles. The van der Waals surface area contributed by atoms with E-state index in [2.05, 4.69) is 27.9 Å². The number of fused-ring (bicyclic) bond motifs is 1. The van der Waals surface area contributed by atoms with Crippen molar-refractivity contribution in [2.24, 2.45) is 0 Å². The molecule has 5 nitrogen and oxygen atoms in total. The Bertz CT molecular complexity index is 1090. The van der Waals surface area contributed by atoms with Crippen molar-refractivity contribution in [1.82, 2.24) is 0 Å². The van der Waals surface area contributed by atoms with Gasteiger partial charge in [-0.2, -0.15) is 0 Å². The van der Waals surface area contributed by atoms with Crippen LogP contribution in [-0.2, 0) is 10.1 Å². The zero-order chi connectivity index (χ0) is 33.9. The number of nitrogens with zero attached hydrogens (tertiary/aromatic N) is 1. The molecule has 0 saturated heterocycles. The Balaban J connectivity index is 0.000000579. The van der Waals surface area contributed by atoms with E-state index in [4.69, 9.17) is 0 Å². The number of phenols is 1. The van der Waals surface area contributed by atoms with Gasteiger partial charge in [0.25, 0.3) is 0 Å². The van der Waals surface area contributed by atoms with Gasteiger partial charge >= 0.3 is 0 Å². The van der Waals surface area contributed by atoms with Crippen LogP contribution in [0.5, 0.6) is 5.75 Å². The zero-order valence-corrected chi connectivity index (χ0v) is 31.2. The Kier molecular flexibility index (Phi) is 24.3. The molecule has 0 bridgehead atoms. The van der Waals surface area contributed by atoms with Crippen LogP contribution in [0.1, 0.15) is 168 Å². The van der Waals surface area contributed by atoms with Gasteiger partial charge in [0.15, 0.2) is 0 Å². The molecule has 0 aliphatic carbocycles. The fraction of sp³-hybridized carbons (Fsp3) is 0.750. The first kappa shape index (κ1) is 42.4. The molecule has 0 amide bonds. The van der Waals surface area contributed by atoms with Crippen LogP contribution in [0.3, 0.4) is 0 Å². The minimum atomic E-state index is -4.51. The topological polar surface area (TPSA) is 77.4 Å². The van der Waals surface area contributed by atoms with Gasteiger partial charge in [0.05, 0.1) is 32.1 Å². The molecule has 2 aromatic carbocycles. The second kappa shape index (κ2) is 26.3. The molecule has 0 atom stereocenters. The van der Waals surface area contributed by atoms with Gasteiger partial charge in [0.2, 0.25) is 0 Å². The lowest BCUT2D eigenvalue weighted by Gasteiger charge is -2.30. The average molecular weight is 662 g/mol. The number of unbranched alkanes of at least 4 members (excludes halogenated alkanes) is 22. The van der Waals surface area contributed by atoms with Gasteiger partial charge in [0, 0.05) is 10.8 Å². The summed E-state index contributed by atoms with van der Waals surface area (Å²) in [6.07, 6.45) is 35.0. The fourth-order valence-electron chi connectivity index (χ4n) is 6.35. The van der Waals surface area contributed by atoms with Crippen LogP contribution < -0.4 is 0 Å². The number of phenolic OH excluding ortho intramolecular Hbond substituents is 1. The molecule has 0 heterocycles. The number of hydrogen-bond acceptors (Lipinski definition) is 4. The molecule has 2 aromatic rings. The van der Waals surface area contributed by atoms with Gasteiger partial charge in [-0.1, -0.05) is 167 Å². The van der Waals surface area contributed by atoms with E-state index < -0.39 is 10.1 Å². The van der Waals surface area contributed by atoms with Crippen LogP contribution in [0.4, 0.5) is 0 Å². The Morgan fingerprint density at radius 3 is 1.20 bits per heavy atom. The van der Waals surface area contributed by atoms with Crippen molar-refractivity contribution in [2.45, 2.75) is 173 Å². The lowest BCUT2D eigenvalue weighted by molar-refractivity contribution is -0.890. The first-order valence-electron chi connectivity index (χ1n) is 19.1. The van der Waals surface area contributed by atoms with E-state index in [0.717, 1.165) is 6.07 Å². The standard InChI is InChI=1S/C30H64N.C10H8O4S/c1-5-7-9-11-13-15-17-19-21-23-25-27-29-31(3,4)30-28-26-24-22-20-18-16-14-12-10-8-6-2;11-9-5-6-10(15(12,13)14)8-4-2-1-3-7(8)9/h5-30H2,1-4H3;1-6,11H,(H,12,13,14)/q+1;/p-1. The van der Waals surface area contributed by atoms with E-state index in [1.807, 2.05) is 0 Å². The maximum Gasteiger partial charge on any atom is 0.125 e. The second-order valence-electron chi connectivity index (χ2n) is 14.2. The Labute approximate surface area is 284 Å². The molecule has 0 radical (unpaired) electrons. The molecular weight excluding hydrogens is 591 g/mol. The van der Waals surface area contributed by atoms with Crippen molar-refractivity contribution in [2.75, 3.05) is 27.2 Å². The molecular formula is C40H71NO4S. The van der Waals surface area contributed by atoms with Crippen molar-refractivity contribution < 1.29 is 22.6 Å². The fourth-order valence-corrected chi connectivity index (χ4v) is 7.03. The summed E-state index contributed by atoms with van der Waals surface area (Å²) in [6, 6.07) is 8.62. The van der Waals surface area contributed by atoms with Crippen molar-refractivity contribution in [1.29, 1.82) is 0 Å². The van der Waals surface area contributed by atoms with Gasteiger partial charge in [-0.3, -0.25) is 0 Å². The summed E-state index contributed by atoms with van der Waals surface area (Å²) in [5.41, 5.74) is 0.